The molecule has 1 heterocycles. The number of pyridine rings is 1. The van der Waals surface area contributed by atoms with Gasteiger partial charge in [-0.15, -0.1) is 0 Å². The molecule has 4 nitrogen and oxygen atoms in total. The van der Waals surface area contributed by atoms with Crippen LogP contribution in [0, 0.1) is 0 Å². The van der Waals surface area contributed by atoms with Crippen molar-refractivity contribution in [1.82, 2.24) is 4.57 Å². The van der Waals surface area contributed by atoms with Crippen molar-refractivity contribution >= 4 is 34.8 Å². The summed E-state index contributed by atoms with van der Waals surface area (Å²) in [5.41, 5.74) is 1.94. The van der Waals surface area contributed by atoms with E-state index >= 15 is 0 Å². The molecule has 0 unspecified atom stereocenters. The van der Waals surface area contributed by atoms with Gasteiger partial charge in [0, 0.05) is 22.3 Å². The van der Waals surface area contributed by atoms with Crippen molar-refractivity contribution in [3.8, 4) is 0 Å². The van der Waals surface area contributed by atoms with Gasteiger partial charge in [0.25, 0.3) is 5.56 Å². The molecule has 1 amide bonds. The minimum Gasteiger partial charge on any atom is -0.324 e. The first-order valence-electron chi connectivity index (χ1n) is 8.00. The van der Waals surface area contributed by atoms with Gasteiger partial charge in [0.2, 0.25) is 5.91 Å². The third-order valence-electron chi connectivity index (χ3n) is 3.87. The number of carbonyl (C=O) groups excluding carboxylic acids is 1. The molecular formula is C20H16Cl2N2O2. The number of nitrogens with zero attached hydrogens (tertiary/aromatic N) is 1. The normalized spacial score (nSPS) is 10.5. The zero-order chi connectivity index (χ0) is 18.5. The Hall–Kier alpha value is -2.56. The first-order chi connectivity index (χ1) is 12.5. The van der Waals surface area contributed by atoms with Gasteiger partial charge in [-0.2, -0.15) is 0 Å². The van der Waals surface area contributed by atoms with Crippen LogP contribution in [0.3, 0.4) is 0 Å². The Morgan fingerprint density at radius 3 is 2.15 bits per heavy atom. The Morgan fingerprint density at radius 2 is 1.50 bits per heavy atom. The highest BCUT2D eigenvalue weighted by Gasteiger charge is 2.09. The van der Waals surface area contributed by atoms with Gasteiger partial charge < -0.3 is 9.88 Å². The quantitative estimate of drug-likeness (QED) is 0.706. The molecule has 1 aromatic heterocycles. The second kappa shape index (κ2) is 8.21. The smallest absolute Gasteiger partial charge is 0.250 e. The van der Waals surface area contributed by atoms with Crippen molar-refractivity contribution in [1.29, 1.82) is 0 Å². The number of aromatic nitrogens is 1. The summed E-state index contributed by atoms with van der Waals surface area (Å²) in [5, 5.41) is 3.93. The predicted molar refractivity (Wildman–Crippen MR) is 105 cm³/mol. The van der Waals surface area contributed by atoms with Crippen molar-refractivity contribution in [2.75, 3.05) is 5.32 Å². The van der Waals surface area contributed by atoms with Crippen LogP contribution in [0.5, 0.6) is 0 Å². The van der Waals surface area contributed by atoms with E-state index in [1.54, 1.807) is 30.5 Å². The molecule has 0 aliphatic carbocycles. The Morgan fingerprint density at radius 1 is 0.885 bits per heavy atom. The summed E-state index contributed by atoms with van der Waals surface area (Å²) in [5.74, 6) is -0.207. The number of hydrogen-bond acceptors (Lipinski definition) is 2. The lowest BCUT2D eigenvalue weighted by atomic mass is 10.1. The van der Waals surface area contributed by atoms with Crippen molar-refractivity contribution < 1.29 is 4.79 Å². The molecule has 0 spiro atoms. The molecule has 1 N–H and O–H groups in total. The number of nitrogens with one attached hydrogen (secondary N) is 1. The van der Waals surface area contributed by atoms with Gasteiger partial charge in [0.05, 0.1) is 18.7 Å². The summed E-state index contributed by atoms with van der Waals surface area (Å²) in [4.78, 5) is 24.4. The van der Waals surface area contributed by atoms with E-state index in [4.69, 9.17) is 23.2 Å². The van der Waals surface area contributed by atoms with E-state index in [-0.39, 0.29) is 17.9 Å². The lowest BCUT2D eigenvalue weighted by molar-refractivity contribution is -0.115. The van der Waals surface area contributed by atoms with Crippen LogP contribution in [-0.4, -0.2) is 10.5 Å². The lowest BCUT2D eigenvalue weighted by Gasteiger charge is -2.11. The summed E-state index contributed by atoms with van der Waals surface area (Å²) in [6.45, 7) is 0.326. The maximum atomic E-state index is 12.3. The molecule has 3 rings (SSSR count). The number of rotatable bonds is 5. The van der Waals surface area contributed by atoms with Crippen molar-refractivity contribution in [3.05, 3.63) is 98.4 Å². The summed E-state index contributed by atoms with van der Waals surface area (Å²) < 4.78 is 1.51. The van der Waals surface area contributed by atoms with Gasteiger partial charge in [0.15, 0.2) is 0 Å². The molecule has 0 radical (unpaired) electrons. The van der Waals surface area contributed by atoms with E-state index in [0.29, 0.717) is 22.3 Å². The van der Waals surface area contributed by atoms with Crippen molar-refractivity contribution in [3.63, 3.8) is 0 Å². The summed E-state index contributed by atoms with van der Waals surface area (Å²) in [6, 6.07) is 17.5. The maximum Gasteiger partial charge on any atom is 0.250 e. The van der Waals surface area contributed by atoms with Crippen LogP contribution in [0.4, 0.5) is 5.69 Å². The van der Waals surface area contributed by atoms with E-state index < -0.39 is 0 Å². The standard InChI is InChI=1S/C20H16Cl2N2O2/c21-17-7-3-1-5-14(17)11-19(25)23-16-9-10-20(26)24(13-16)12-15-6-2-4-8-18(15)22/h1-10,13H,11-12H2,(H,23,25). The lowest BCUT2D eigenvalue weighted by Crippen LogP contribution is -2.21. The summed E-state index contributed by atoms with van der Waals surface area (Å²) in [7, 11) is 0. The molecule has 0 saturated heterocycles. The topological polar surface area (TPSA) is 51.1 Å². The van der Waals surface area contributed by atoms with Crippen LogP contribution in [0.25, 0.3) is 0 Å². The van der Waals surface area contributed by atoms with Crippen LogP contribution < -0.4 is 10.9 Å². The number of amides is 1. The third kappa shape index (κ3) is 4.54. The zero-order valence-corrected chi connectivity index (χ0v) is 15.3. The van der Waals surface area contributed by atoms with Crippen LogP contribution in [0.2, 0.25) is 10.0 Å². The monoisotopic (exact) mass is 386 g/mol. The fourth-order valence-corrected chi connectivity index (χ4v) is 2.96. The molecule has 3 aromatic rings. The van der Waals surface area contributed by atoms with Crippen molar-refractivity contribution in [2.45, 2.75) is 13.0 Å². The first kappa shape index (κ1) is 18.2. The minimum absolute atomic E-state index is 0.156. The Labute approximate surface area is 161 Å². The molecule has 0 fully saturated rings. The number of anilines is 1. The number of benzene rings is 2. The van der Waals surface area contributed by atoms with Crippen LogP contribution in [0.1, 0.15) is 11.1 Å². The number of carbonyl (C=O) groups is 1. The average molecular weight is 387 g/mol. The number of hydrogen-bond donors (Lipinski definition) is 1. The van der Waals surface area contributed by atoms with Crippen molar-refractivity contribution in [2.24, 2.45) is 0 Å². The highest BCUT2D eigenvalue weighted by atomic mass is 35.5. The van der Waals surface area contributed by atoms with Gasteiger partial charge >= 0.3 is 0 Å². The molecule has 2 aromatic carbocycles. The molecule has 0 aliphatic heterocycles. The Kier molecular flexibility index (Phi) is 5.76. The van der Waals surface area contributed by atoms with E-state index in [1.807, 2.05) is 30.3 Å². The fraction of sp³-hybridized carbons (Fsp3) is 0.100. The maximum absolute atomic E-state index is 12.3. The molecular weight excluding hydrogens is 371 g/mol. The minimum atomic E-state index is -0.207. The number of halogens is 2. The zero-order valence-electron chi connectivity index (χ0n) is 13.8. The van der Waals surface area contributed by atoms with Crippen LogP contribution in [-0.2, 0) is 17.8 Å². The second-order valence-electron chi connectivity index (χ2n) is 5.79. The molecule has 0 saturated carbocycles. The van der Waals surface area contributed by atoms with Gasteiger partial charge in [-0.05, 0) is 29.3 Å². The molecule has 0 aliphatic rings. The average Bonchev–Trinajstić information content (AvgIpc) is 2.62. The second-order valence-corrected chi connectivity index (χ2v) is 6.61. The van der Waals surface area contributed by atoms with Gasteiger partial charge in [-0.25, -0.2) is 0 Å². The van der Waals surface area contributed by atoms with Gasteiger partial charge in [0.1, 0.15) is 0 Å². The van der Waals surface area contributed by atoms with E-state index in [1.165, 1.54) is 10.6 Å². The van der Waals surface area contributed by atoms with Gasteiger partial charge in [-0.3, -0.25) is 9.59 Å². The highest BCUT2D eigenvalue weighted by Crippen LogP contribution is 2.17. The van der Waals surface area contributed by atoms with E-state index in [9.17, 15) is 9.59 Å². The fourth-order valence-electron chi connectivity index (χ4n) is 2.56. The van der Waals surface area contributed by atoms with E-state index in [0.717, 1.165) is 11.1 Å². The van der Waals surface area contributed by atoms with Crippen LogP contribution in [0.15, 0.2) is 71.7 Å². The van der Waals surface area contributed by atoms with Crippen LogP contribution >= 0.6 is 23.2 Å². The predicted octanol–water partition coefficient (Wildman–Crippen LogP) is 4.38. The Bertz CT molecular complexity index is 999. The largest absolute Gasteiger partial charge is 0.324 e. The molecule has 6 heteroatoms. The first-order valence-corrected chi connectivity index (χ1v) is 8.75. The molecule has 0 bridgehead atoms. The van der Waals surface area contributed by atoms with E-state index in [2.05, 4.69) is 5.32 Å². The Balaban J connectivity index is 1.75. The summed E-state index contributed by atoms with van der Waals surface area (Å²) in [6.07, 6.45) is 1.76. The third-order valence-corrected chi connectivity index (χ3v) is 4.61. The SMILES string of the molecule is O=C(Cc1ccccc1Cl)Nc1ccc(=O)n(Cc2ccccc2Cl)c1. The molecule has 132 valence electrons. The van der Waals surface area contributed by atoms with Gasteiger partial charge in [-0.1, -0.05) is 59.6 Å². The highest BCUT2D eigenvalue weighted by molar-refractivity contribution is 6.31. The molecule has 0 atom stereocenters. The molecule has 26 heavy (non-hydrogen) atoms. The summed E-state index contributed by atoms with van der Waals surface area (Å²) >= 11 is 12.2.